The number of fused-ring (bicyclic) bond motifs is 1. The molecule has 0 saturated heterocycles. The average molecular weight is 253 g/mol. The van der Waals surface area contributed by atoms with E-state index in [0.717, 1.165) is 11.1 Å². The van der Waals surface area contributed by atoms with Gasteiger partial charge in [0.15, 0.2) is 0 Å². The molecule has 90 valence electrons. The van der Waals surface area contributed by atoms with Crippen LogP contribution in [0.2, 0.25) is 5.02 Å². The summed E-state index contributed by atoms with van der Waals surface area (Å²) in [6.07, 6.45) is 6.19. The molecule has 5 heteroatoms. The predicted molar refractivity (Wildman–Crippen MR) is 65.2 cm³/mol. The highest BCUT2D eigenvalue weighted by Gasteiger charge is 2.10. The van der Waals surface area contributed by atoms with Crippen molar-refractivity contribution in [2.24, 2.45) is 0 Å². The minimum absolute atomic E-state index is 0.204. The molecule has 2 rings (SSSR count). The van der Waals surface area contributed by atoms with E-state index in [1.807, 2.05) is 10.6 Å². The molecule has 0 bridgehead atoms. The lowest BCUT2D eigenvalue weighted by Gasteiger charge is -2.06. The molecule has 17 heavy (non-hydrogen) atoms. The van der Waals surface area contributed by atoms with E-state index in [2.05, 4.69) is 4.98 Å². The molecule has 0 radical (unpaired) electrons. The Morgan fingerprint density at radius 1 is 1.59 bits per heavy atom. The van der Waals surface area contributed by atoms with Crippen LogP contribution in [0.3, 0.4) is 0 Å². The maximum atomic E-state index is 11.3. The molecular weight excluding hydrogens is 240 g/mol. The van der Waals surface area contributed by atoms with Gasteiger partial charge in [0.2, 0.25) is 0 Å². The highest BCUT2D eigenvalue weighted by Crippen LogP contribution is 2.22. The number of ether oxygens (including phenoxy) is 1. The fourth-order valence-corrected chi connectivity index (χ4v) is 1.98. The van der Waals surface area contributed by atoms with E-state index in [9.17, 15) is 4.79 Å². The van der Waals surface area contributed by atoms with Gasteiger partial charge in [-0.3, -0.25) is 4.79 Å². The number of carbonyl (C=O) groups is 1. The van der Waals surface area contributed by atoms with Gasteiger partial charge in [0.05, 0.1) is 24.6 Å². The molecule has 0 spiro atoms. The van der Waals surface area contributed by atoms with Crippen molar-refractivity contribution >= 4 is 23.1 Å². The number of esters is 1. The highest BCUT2D eigenvalue weighted by atomic mass is 35.5. The topological polar surface area (TPSA) is 43.6 Å². The zero-order valence-electron chi connectivity index (χ0n) is 9.52. The zero-order chi connectivity index (χ0) is 12.3. The van der Waals surface area contributed by atoms with E-state index in [-0.39, 0.29) is 5.97 Å². The number of aromatic nitrogens is 2. The van der Waals surface area contributed by atoms with Crippen LogP contribution in [0.25, 0.3) is 5.52 Å². The van der Waals surface area contributed by atoms with Crippen LogP contribution >= 0.6 is 11.6 Å². The molecule has 2 aromatic heterocycles. The number of rotatable bonds is 4. The van der Waals surface area contributed by atoms with Crippen LogP contribution in [0.1, 0.15) is 18.9 Å². The van der Waals surface area contributed by atoms with Crippen LogP contribution in [0.15, 0.2) is 24.8 Å². The summed E-state index contributed by atoms with van der Waals surface area (Å²) >= 11 is 6.13. The summed E-state index contributed by atoms with van der Waals surface area (Å²) in [7, 11) is 0. The largest absolute Gasteiger partial charge is 0.466 e. The van der Waals surface area contributed by atoms with E-state index in [0.29, 0.717) is 24.5 Å². The Labute approximate surface area is 104 Å². The molecule has 0 atom stereocenters. The Balaban J connectivity index is 2.19. The molecule has 0 N–H and O–H groups in total. The first-order chi connectivity index (χ1) is 8.22. The fourth-order valence-electron chi connectivity index (χ4n) is 1.73. The minimum atomic E-state index is -0.204. The third kappa shape index (κ3) is 2.58. The molecule has 0 aromatic carbocycles. The molecule has 4 nitrogen and oxygen atoms in total. The first kappa shape index (κ1) is 11.9. The van der Waals surface area contributed by atoms with Gasteiger partial charge < -0.3 is 9.14 Å². The first-order valence-corrected chi connectivity index (χ1v) is 5.85. The second kappa shape index (κ2) is 5.19. The Morgan fingerprint density at radius 2 is 2.41 bits per heavy atom. The minimum Gasteiger partial charge on any atom is -0.466 e. The lowest BCUT2D eigenvalue weighted by molar-refractivity contribution is -0.143. The predicted octanol–water partition coefficient (Wildman–Crippen LogP) is 2.48. The van der Waals surface area contributed by atoms with Gasteiger partial charge in [0.25, 0.3) is 0 Å². The van der Waals surface area contributed by atoms with Crippen LogP contribution in [-0.2, 0) is 16.0 Å². The molecule has 0 unspecified atom stereocenters. The summed E-state index contributed by atoms with van der Waals surface area (Å²) < 4.78 is 6.77. The van der Waals surface area contributed by atoms with Crippen LogP contribution < -0.4 is 0 Å². The van der Waals surface area contributed by atoms with Crippen molar-refractivity contribution in [1.29, 1.82) is 0 Å². The van der Waals surface area contributed by atoms with E-state index in [1.54, 1.807) is 25.5 Å². The Bertz CT molecular complexity index is 536. The number of halogens is 1. The maximum Gasteiger partial charge on any atom is 0.306 e. The van der Waals surface area contributed by atoms with E-state index in [4.69, 9.17) is 16.3 Å². The molecule has 0 amide bonds. The van der Waals surface area contributed by atoms with Crippen molar-refractivity contribution in [3.8, 4) is 0 Å². The fraction of sp³-hybridized carbons (Fsp3) is 0.333. The normalized spacial score (nSPS) is 10.7. The summed E-state index contributed by atoms with van der Waals surface area (Å²) in [6.45, 7) is 2.20. The van der Waals surface area contributed by atoms with E-state index < -0.39 is 0 Å². The quantitative estimate of drug-likeness (QED) is 0.786. The lowest BCUT2D eigenvalue weighted by atomic mass is 10.1. The van der Waals surface area contributed by atoms with Gasteiger partial charge in [0.1, 0.15) is 0 Å². The van der Waals surface area contributed by atoms with Crippen molar-refractivity contribution in [3.05, 3.63) is 35.4 Å². The molecule has 2 aromatic rings. The van der Waals surface area contributed by atoms with Gasteiger partial charge in [-0.15, -0.1) is 0 Å². The van der Waals surface area contributed by atoms with Crippen molar-refractivity contribution in [3.63, 3.8) is 0 Å². The second-order valence-corrected chi connectivity index (χ2v) is 4.04. The van der Waals surface area contributed by atoms with Crippen molar-refractivity contribution in [2.45, 2.75) is 19.8 Å². The van der Waals surface area contributed by atoms with Gasteiger partial charge in [-0.1, -0.05) is 11.6 Å². The lowest BCUT2D eigenvalue weighted by Crippen LogP contribution is -2.06. The van der Waals surface area contributed by atoms with Gasteiger partial charge in [-0.25, -0.2) is 4.98 Å². The number of hydrogen-bond donors (Lipinski definition) is 0. The molecular formula is C12H13ClN2O2. The summed E-state index contributed by atoms with van der Waals surface area (Å²) in [5.41, 5.74) is 1.86. The Hall–Kier alpha value is -1.55. The number of hydrogen-bond acceptors (Lipinski definition) is 3. The molecule has 0 aliphatic rings. The van der Waals surface area contributed by atoms with Crippen molar-refractivity contribution in [1.82, 2.24) is 9.38 Å². The molecule has 2 heterocycles. The van der Waals surface area contributed by atoms with Gasteiger partial charge in [-0.05, 0) is 25.0 Å². The third-order valence-corrected chi connectivity index (χ3v) is 2.88. The van der Waals surface area contributed by atoms with Crippen LogP contribution in [0.5, 0.6) is 0 Å². The first-order valence-electron chi connectivity index (χ1n) is 5.47. The van der Waals surface area contributed by atoms with E-state index in [1.165, 1.54) is 0 Å². The summed E-state index contributed by atoms with van der Waals surface area (Å²) in [4.78, 5) is 15.4. The summed E-state index contributed by atoms with van der Waals surface area (Å²) in [5.74, 6) is -0.204. The van der Waals surface area contributed by atoms with Crippen molar-refractivity contribution < 1.29 is 9.53 Å². The van der Waals surface area contributed by atoms with Gasteiger partial charge in [-0.2, -0.15) is 0 Å². The summed E-state index contributed by atoms with van der Waals surface area (Å²) in [5, 5.41) is 0.655. The number of imidazole rings is 1. The monoisotopic (exact) mass is 252 g/mol. The van der Waals surface area contributed by atoms with Crippen LogP contribution in [0, 0.1) is 0 Å². The standard InChI is InChI=1S/C12H13ClN2O2/c1-2-17-12(16)4-3-9-10(13)5-6-15-8-14-7-11(9)15/h5-8H,2-4H2,1H3. The highest BCUT2D eigenvalue weighted by molar-refractivity contribution is 6.31. The number of aryl methyl sites for hydroxylation is 1. The number of carbonyl (C=O) groups excluding carboxylic acids is 1. The van der Waals surface area contributed by atoms with Crippen LogP contribution in [0.4, 0.5) is 0 Å². The average Bonchev–Trinajstić information content (AvgIpc) is 2.76. The van der Waals surface area contributed by atoms with Crippen LogP contribution in [-0.4, -0.2) is 22.0 Å². The van der Waals surface area contributed by atoms with Gasteiger partial charge >= 0.3 is 5.97 Å². The SMILES string of the molecule is CCOC(=O)CCc1c(Cl)ccn2cncc12. The summed E-state index contributed by atoms with van der Waals surface area (Å²) in [6, 6.07) is 1.80. The molecule has 0 aliphatic heterocycles. The molecule has 0 saturated carbocycles. The zero-order valence-corrected chi connectivity index (χ0v) is 10.3. The Kier molecular flexibility index (Phi) is 3.64. The third-order valence-electron chi connectivity index (χ3n) is 2.53. The van der Waals surface area contributed by atoms with E-state index >= 15 is 0 Å². The smallest absolute Gasteiger partial charge is 0.306 e. The second-order valence-electron chi connectivity index (χ2n) is 3.63. The van der Waals surface area contributed by atoms with Gasteiger partial charge in [0, 0.05) is 17.6 Å². The molecule has 0 fully saturated rings. The maximum absolute atomic E-state index is 11.3. The van der Waals surface area contributed by atoms with Crippen molar-refractivity contribution in [2.75, 3.05) is 6.61 Å². The number of nitrogens with zero attached hydrogens (tertiary/aromatic N) is 2. The Morgan fingerprint density at radius 3 is 3.18 bits per heavy atom. The molecule has 0 aliphatic carbocycles. The number of pyridine rings is 1.